The Labute approximate surface area is 99.0 Å². The number of carbonyl (C=O) groups excluding carboxylic acids is 2. The number of aliphatic hydroxyl groups is 1. The Kier molecular flexibility index (Phi) is 4.66. The van der Waals surface area contributed by atoms with Gasteiger partial charge in [-0.05, 0) is 31.2 Å². The van der Waals surface area contributed by atoms with Crippen molar-refractivity contribution < 1.29 is 24.2 Å². The van der Waals surface area contributed by atoms with Gasteiger partial charge in [0.25, 0.3) is 0 Å². The largest absolute Gasteiger partial charge is 0.465 e. The maximum absolute atomic E-state index is 11.5. The number of ether oxygens (including phenoxy) is 2. The highest BCUT2D eigenvalue weighted by atomic mass is 16.5. The fraction of sp³-hybridized carbons (Fsp3) is 0.333. The van der Waals surface area contributed by atoms with Gasteiger partial charge in [0.15, 0.2) is 0 Å². The van der Waals surface area contributed by atoms with Crippen LogP contribution in [0.25, 0.3) is 0 Å². The zero-order valence-corrected chi connectivity index (χ0v) is 9.67. The lowest BCUT2D eigenvalue weighted by Gasteiger charge is -2.06. The molecule has 1 aromatic rings. The summed E-state index contributed by atoms with van der Waals surface area (Å²) in [6, 6.07) is 5.89. The van der Waals surface area contributed by atoms with Crippen molar-refractivity contribution in [1.82, 2.24) is 0 Å². The summed E-state index contributed by atoms with van der Waals surface area (Å²) in [7, 11) is 1.28. The van der Waals surface area contributed by atoms with Crippen molar-refractivity contribution in [2.75, 3.05) is 13.7 Å². The zero-order chi connectivity index (χ0) is 12.8. The third kappa shape index (κ3) is 3.88. The van der Waals surface area contributed by atoms with Gasteiger partial charge in [-0.25, -0.2) is 9.59 Å². The predicted octanol–water partition coefficient (Wildman–Crippen LogP) is 1.01. The van der Waals surface area contributed by atoms with E-state index in [9.17, 15) is 9.59 Å². The molecule has 17 heavy (non-hydrogen) atoms. The molecule has 5 nitrogen and oxygen atoms in total. The van der Waals surface area contributed by atoms with E-state index in [0.717, 1.165) is 0 Å². The number of hydrogen-bond acceptors (Lipinski definition) is 5. The second-order valence-electron chi connectivity index (χ2n) is 3.52. The molecule has 92 valence electrons. The molecule has 0 aromatic heterocycles. The van der Waals surface area contributed by atoms with Crippen LogP contribution in [-0.2, 0) is 9.47 Å². The Morgan fingerprint density at radius 3 is 2.06 bits per heavy atom. The average molecular weight is 238 g/mol. The van der Waals surface area contributed by atoms with Gasteiger partial charge in [-0.3, -0.25) is 0 Å². The summed E-state index contributed by atoms with van der Waals surface area (Å²) in [6.07, 6.45) is -0.701. The molecule has 0 aliphatic heterocycles. The lowest BCUT2D eigenvalue weighted by Crippen LogP contribution is -2.15. The SMILES string of the molecule is COC(=O)c1ccc(C(=O)OCC(C)O)cc1. The van der Waals surface area contributed by atoms with Crippen LogP contribution in [0.1, 0.15) is 27.6 Å². The van der Waals surface area contributed by atoms with Gasteiger partial charge in [0.05, 0.1) is 24.3 Å². The Morgan fingerprint density at radius 2 is 1.65 bits per heavy atom. The molecule has 0 saturated carbocycles. The lowest BCUT2D eigenvalue weighted by molar-refractivity contribution is 0.0296. The van der Waals surface area contributed by atoms with Crippen LogP contribution < -0.4 is 0 Å². The van der Waals surface area contributed by atoms with Crippen LogP contribution in [0.5, 0.6) is 0 Å². The third-order valence-electron chi connectivity index (χ3n) is 2.00. The molecule has 0 amide bonds. The van der Waals surface area contributed by atoms with Gasteiger partial charge >= 0.3 is 11.9 Å². The van der Waals surface area contributed by atoms with E-state index in [0.29, 0.717) is 11.1 Å². The lowest BCUT2D eigenvalue weighted by atomic mass is 10.1. The summed E-state index contributed by atoms with van der Waals surface area (Å²) in [5, 5.41) is 8.96. The highest BCUT2D eigenvalue weighted by molar-refractivity contribution is 5.93. The van der Waals surface area contributed by atoms with E-state index in [1.165, 1.54) is 38.3 Å². The van der Waals surface area contributed by atoms with Gasteiger partial charge in [-0.15, -0.1) is 0 Å². The van der Waals surface area contributed by atoms with Gasteiger partial charge in [0, 0.05) is 0 Å². The first-order valence-electron chi connectivity index (χ1n) is 5.08. The Hall–Kier alpha value is -1.88. The summed E-state index contributed by atoms with van der Waals surface area (Å²) >= 11 is 0. The molecule has 1 aromatic carbocycles. The molecule has 0 aliphatic carbocycles. The fourth-order valence-corrected chi connectivity index (χ4v) is 1.14. The van der Waals surface area contributed by atoms with E-state index < -0.39 is 18.0 Å². The maximum atomic E-state index is 11.5. The molecule has 1 N–H and O–H groups in total. The topological polar surface area (TPSA) is 72.8 Å². The standard InChI is InChI=1S/C12H14O5/c1-8(13)7-17-12(15)10-5-3-9(4-6-10)11(14)16-2/h3-6,8,13H,7H2,1-2H3. The highest BCUT2D eigenvalue weighted by Gasteiger charge is 2.10. The van der Waals surface area contributed by atoms with Crippen molar-refractivity contribution in [3.8, 4) is 0 Å². The van der Waals surface area contributed by atoms with E-state index >= 15 is 0 Å². The number of rotatable bonds is 4. The molecule has 1 atom stereocenters. The van der Waals surface area contributed by atoms with Crippen LogP contribution in [0.3, 0.4) is 0 Å². The smallest absolute Gasteiger partial charge is 0.338 e. The normalized spacial score (nSPS) is 11.7. The zero-order valence-electron chi connectivity index (χ0n) is 9.67. The molecule has 0 fully saturated rings. The molecule has 0 aliphatic rings. The van der Waals surface area contributed by atoms with Gasteiger partial charge in [-0.2, -0.15) is 0 Å². The van der Waals surface area contributed by atoms with Crippen molar-refractivity contribution in [2.45, 2.75) is 13.0 Å². The van der Waals surface area contributed by atoms with Crippen LogP contribution in [0.4, 0.5) is 0 Å². The maximum Gasteiger partial charge on any atom is 0.338 e. The molecule has 0 radical (unpaired) electrons. The number of benzene rings is 1. The summed E-state index contributed by atoms with van der Waals surface area (Å²) in [5.74, 6) is -1.00. The minimum absolute atomic E-state index is 0.0579. The van der Waals surface area contributed by atoms with E-state index in [1.54, 1.807) is 0 Å². The van der Waals surface area contributed by atoms with Gasteiger partial charge in [-0.1, -0.05) is 0 Å². The summed E-state index contributed by atoms with van der Waals surface area (Å²) < 4.78 is 9.34. The molecule has 0 spiro atoms. The Bertz CT molecular complexity index is 394. The minimum atomic E-state index is -0.701. The third-order valence-corrected chi connectivity index (χ3v) is 2.00. The minimum Gasteiger partial charge on any atom is -0.465 e. The van der Waals surface area contributed by atoms with E-state index in [2.05, 4.69) is 4.74 Å². The monoisotopic (exact) mass is 238 g/mol. The number of hydrogen-bond donors (Lipinski definition) is 1. The quantitative estimate of drug-likeness (QED) is 0.792. The summed E-state index contributed by atoms with van der Waals surface area (Å²) in [5.41, 5.74) is 0.679. The highest BCUT2D eigenvalue weighted by Crippen LogP contribution is 2.07. The Balaban J connectivity index is 2.67. The first-order chi connectivity index (χ1) is 8.04. The van der Waals surface area contributed by atoms with Crippen molar-refractivity contribution in [1.29, 1.82) is 0 Å². The van der Waals surface area contributed by atoms with Crippen molar-refractivity contribution >= 4 is 11.9 Å². The van der Waals surface area contributed by atoms with Crippen LogP contribution in [0, 0.1) is 0 Å². The van der Waals surface area contributed by atoms with E-state index in [-0.39, 0.29) is 6.61 Å². The molecule has 0 saturated heterocycles. The van der Waals surface area contributed by atoms with Crippen molar-refractivity contribution in [3.63, 3.8) is 0 Å². The molecule has 5 heteroatoms. The second-order valence-corrected chi connectivity index (χ2v) is 3.52. The molecular formula is C12H14O5. The van der Waals surface area contributed by atoms with Crippen LogP contribution in [0.15, 0.2) is 24.3 Å². The van der Waals surface area contributed by atoms with E-state index in [1.807, 2.05) is 0 Å². The number of methoxy groups -OCH3 is 1. The first kappa shape index (κ1) is 13.2. The van der Waals surface area contributed by atoms with E-state index in [4.69, 9.17) is 9.84 Å². The predicted molar refractivity (Wildman–Crippen MR) is 59.7 cm³/mol. The molecular weight excluding hydrogens is 224 g/mol. The molecule has 1 unspecified atom stereocenters. The number of carbonyl (C=O) groups is 2. The molecule has 1 rings (SSSR count). The van der Waals surface area contributed by atoms with Crippen LogP contribution in [-0.4, -0.2) is 36.9 Å². The van der Waals surface area contributed by atoms with Gasteiger partial charge < -0.3 is 14.6 Å². The molecule has 0 bridgehead atoms. The van der Waals surface area contributed by atoms with Crippen LogP contribution in [0.2, 0.25) is 0 Å². The number of esters is 2. The first-order valence-corrected chi connectivity index (χ1v) is 5.08. The summed E-state index contributed by atoms with van der Waals surface area (Å²) in [6.45, 7) is 1.46. The summed E-state index contributed by atoms with van der Waals surface area (Å²) in [4.78, 5) is 22.6. The second kappa shape index (κ2) is 6.00. The molecule has 0 heterocycles. The fourth-order valence-electron chi connectivity index (χ4n) is 1.14. The van der Waals surface area contributed by atoms with Crippen LogP contribution >= 0.6 is 0 Å². The average Bonchev–Trinajstić information content (AvgIpc) is 2.35. The van der Waals surface area contributed by atoms with Gasteiger partial charge in [0.2, 0.25) is 0 Å². The van der Waals surface area contributed by atoms with Gasteiger partial charge in [0.1, 0.15) is 6.61 Å². The van der Waals surface area contributed by atoms with Crippen molar-refractivity contribution in [2.24, 2.45) is 0 Å². The Morgan fingerprint density at radius 1 is 1.18 bits per heavy atom. The number of aliphatic hydroxyl groups excluding tert-OH is 1. The van der Waals surface area contributed by atoms with Crippen molar-refractivity contribution in [3.05, 3.63) is 35.4 Å².